The lowest BCUT2D eigenvalue weighted by Gasteiger charge is -2.27. The van der Waals surface area contributed by atoms with Crippen LogP contribution < -0.4 is 0 Å². The molecule has 0 N–H and O–H groups in total. The Morgan fingerprint density at radius 2 is 1.66 bits per heavy atom. The van der Waals surface area contributed by atoms with Gasteiger partial charge in [-0.1, -0.05) is 23.8 Å². The summed E-state index contributed by atoms with van der Waals surface area (Å²) >= 11 is 0. The molecule has 0 fully saturated rings. The third kappa shape index (κ3) is 3.88. The van der Waals surface area contributed by atoms with Crippen molar-refractivity contribution in [1.29, 1.82) is 0 Å². The van der Waals surface area contributed by atoms with Crippen molar-refractivity contribution in [1.82, 2.24) is 24.3 Å². The molecule has 2 aromatic carbocycles. The van der Waals surface area contributed by atoms with Gasteiger partial charge in [0.05, 0.1) is 4.90 Å². The monoisotopic (exact) mass is 489 g/mol. The van der Waals surface area contributed by atoms with Gasteiger partial charge in [-0.3, -0.25) is 4.68 Å². The molecule has 3 heterocycles. The number of aromatic nitrogens is 4. The van der Waals surface area contributed by atoms with Crippen LogP contribution in [-0.2, 0) is 42.9 Å². The van der Waals surface area contributed by atoms with Crippen LogP contribution >= 0.6 is 0 Å². The van der Waals surface area contributed by atoms with Gasteiger partial charge >= 0.3 is 0 Å². The van der Waals surface area contributed by atoms with Gasteiger partial charge in [0.15, 0.2) is 5.69 Å². The van der Waals surface area contributed by atoms with E-state index < -0.39 is 10.0 Å². The van der Waals surface area contributed by atoms with E-state index >= 15 is 0 Å². The van der Waals surface area contributed by atoms with Crippen molar-refractivity contribution in [2.45, 2.75) is 50.5 Å². The topological polar surface area (TPSA) is 94.1 Å². The fourth-order valence-electron chi connectivity index (χ4n) is 5.10. The summed E-state index contributed by atoms with van der Waals surface area (Å²) in [6.45, 7) is 2.65. The van der Waals surface area contributed by atoms with Crippen LogP contribution in [0.15, 0.2) is 51.8 Å². The van der Waals surface area contributed by atoms with Gasteiger partial charge in [0, 0.05) is 43.4 Å². The highest BCUT2D eigenvalue weighted by Gasteiger charge is 2.34. The standard InChI is InChI=1S/C26H27N5O3S/c1-17-7-9-19(10-8-17)25-27-28-26(34-25)24-22-16-31(14-13-23(22)30(2)29-24)35(32,33)21-12-11-18-5-3-4-6-20(18)15-21/h7-12,15H,3-6,13-14,16H2,1-2H3. The van der Waals surface area contributed by atoms with Gasteiger partial charge in [-0.25, -0.2) is 8.42 Å². The average molecular weight is 490 g/mol. The highest BCUT2D eigenvalue weighted by atomic mass is 32.2. The van der Waals surface area contributed by atoms with E-state index in [1.54, 1.807) is 15.1 Å². The number of aryl methyl sites for hydroxylation is 4. The molecule has 0 atom stereocenters. The van der Waals surface area contributed by atoms with Crippen LogP contribution in [0.3, 0.4) is 0 Å². The molecule has 0 saturated carbocycles. The zero-order chi connectivity index (χ0) is 24.2. The Balaban J connectivity index is 1.32. The van der Waals surface area contributed by atoms with Gasteiger partial charge in [0.2, 0.25) is 15.9 Å². The molecule has 180 valence electrons. The summed E-state index contributed by atoms with van der Waals surface area (Å²) in [6, 6.07) is 13.5. The molecule has 4 aromatic rings. The number of hydrogen-bond donors (Lipinski definition) is 0. The van der Waals surface area contributed by atoms with Crippen LogP contribution in [0.4, 0.5) is 0 Å². The van der Waals surface area contributed by atoms with Crippen molar-refractivity contribution in [3.8, 4) is 23.0 Å². The number of benzene rings is 2. The first kappa shape index (κ1) is 22.2. The molecule has 2 aliphatic rings. The number of nitrogens with zero attached hydrogens (tertiary/aromatic N) is 5. The molecular formula is C26H27N5O3S. The highest BCUT2D eigenvalue weighted by Crippen LogP contribution is 2.33. The van der Waals surface area contributed by atoms with Gasteiger partial charge in [-0.15, -0.1) is 10.2 Å². The smallest absolute Gasteiger partial charge is 0.268 e. The molecule has 0 amide bonds. The summed E-state index contributed by atoms with van der Waals surface area (Å²) < 4.78 is 36.5. The lowest BCUT2D eigenvalue weighted by atomic mass is 9.92. The van der Waals surface area contributed by atoms with Crippen LogP contribution in [0, 0.1) is 6.92 Å². The maximum atomic E-state index is 13.6. The minimum atomic E-state index is -3.64. The van der Waals surface area contributed by atoms with Crippen LogP contribution in [0.25, 0.3) is 23.0 Å². The van der Waals surface area contributed by atoms with E-state index in [-0.39, 0.29) is 6.54 Å². The molecule has 1 aliphatic carbocycles. The lowest BCUT2D eigenvalue weighted by molar-refractivity contribution is 0.386. The molecular weight excluding hydrogens is 462 g/mol. The van der Waals surface area contributed by atoms with Crippen molar-refractivity contribution in [3.05, 3.63) is 70.4 Å². The van der Waals surface area contributed by atoms with Crippen LogP contribution in [0.1, 0.15) is 40.8 Å². The number of rotatable bonds is 4. The van der Waals surface area contributed by atoms with E-state index in [2.05, 4.69) is 15.3 Å². The molecule has 0 radical (unpaired) electrons. The van der Waals surface area contributed by atoms with E-state index in [4.69, 9.17) is 4.42 Å². The van der Waals surface area contributed by atoms with Crippen molar-refractivity contribution >= 4 is 10.0 Å². The zero-order valence-corrected chi connectivity index (χ0v) is 20.7. The Morgan fingerprint density at radius 1 is 0.914 bits per heavy atom. The van der Waals surface area contributed by atoms with Crippen molar-refractivity contribution in [2.75, 3.05) is 6.54 Å². The summed E-state index contributed by atoms with van der Waals surface area (Å²) in [7, 11) is -1.77. The Bertz CT molecular complexity index is 1520. The number of sulfonamides is 1. The molecule has 8 nitrogen and oxygen atoms in total. The molecule has 0 spiro atoms. The van der Waals surface area contributed by atoms with Gasteiger partial charge in [-0.05, 0) is 68.0 Å². The van der Waals surface area contributed by atoms with Crippen molar-refractivity contribution in [2.24, 2.45) is 7.05 Å². The maximum Gasteiger partial charge on any atom is 0.268 e. The van der Waals surface area contributed by atoms with E-state index in [0.29, 0.717) is 35.3 Å². The Labute approximate surface area is 204 Å². The van der Waals surface area contributed by atoms with Crippen molar-refractivity contribution < 1.29 is 12.8 Å². The fraction of sp³-hybridized carbons (Fsp3) is 0.346. The molecule has 0 unspecified atom stereocenters. The normalized spacial score (nSPS) is 16.2. The van der Waals surface area contributed by atoms with E-state index in [1.165, 1.54) is 12.0 Å². The molecule has 1 aliphatic heterocycles. The molecule has 9 heteroatoms. The van der Waals surface area contributed by atoms with Gasteiger partial charge in [0.25, 0.3) is 5.89 Å². The van der Waals surface area contributed by atoms with Gasteiger partial charge in [0.1, 0.15) is 0 Å². The number of fused-ring (bicyclic) bond motifs is 2. The van der Waals surface area contributed by atoms with E-state index in [0.717, 1.165) is 47.2 Å². The summed E-state index contributed by atoms with van der Waals surface area (Å²) in [5.74, 6) is 0.708. The first-order chi connectivity index (χ1) is 16.9. The average Bonchev–Trinajstić information content (AvgIpc) is 3.49. The SMILES string of the molecule is Cc1ccc(-c2nnc(-c3nn(C)c4c3CN(S(=O)(=O)c3ccc5c(c3)CCCC5)CC4)o2)cc1. The first-order valence-corrected chi connectivity index (χ1v) is 13.4. The fourth-order valence-corrected chi connectivity index (χ4v) is 6.56. The van der Waals surface area contributed by atoms with Crippen LogP contribution in [0.2, 0.25) is 0 Å². The minimum Gasteiger partial charge on any atom is -0.415 e. The highest BCUT2D eigenvalue weighted by molar-refractivity contribution is 7.89. The molecule has 0 bridgehead atoms. The van der Waals surface area contributed by atoms with Crippen LogP contribution in [0.5, 0.6) is 0 Å². The second-order valence-corrected chi connectivity index (χ2v) is 11.3. The largest absolute Gasteiger partial charge is 0.415 e. The summed E-state index contributed by atoms with van der Waals surface area (Å²) in [5, 5.41) is 13.1. The van der Waals surface area contributed by atoms with E-state index in [1.807, 2.05) is 50.4 Å². The second kappa shape index (κ2) is 8.42. The Morgan fingerprint density at radius 3 is 2.46 bits per heavy atom. The van der Waals surface area contributed by atoms with Gasteiger partial charge in [-0.2, -0.15) is 9.40 Å². The Hall–Kier alpha value is -3.30. The predicted octanol–water partition coefficient (Wildman–Crippen LogP) is 4.07. The predicted molar refractivity (Wildman–Crippen MR) is 131 cm³/mol. The Kier molecular flexibility index (Phi) is 5.34. The minimum absolute atomic E-state index is 0.222. The molecule has 35 heavy (non-hydrogen) atoms. The number of hydrogen-bond acceptors (Lipinski definition) is 6. The summed E-state index contributed by atoms with van der Waals surface area (Å²) in [4.78, 5) is 0.367. The van der Waals surface area contributed by atoms with E-state index in [9.17, 15) is 8.42 Å². The third-order valence-corrected chi connectivity index (χ3v) is 8.93. The summed E-state index contributed by atoms with van der Waals surface area (Å²) in [6.07, 6.45) is 4.81. The maximum absolute atomic E-state index is 13.6. The molecule has 2 aromatic heterocycles. The molecule has 0 saturated heterocycles. The van der Waals surface area contributed by atoms with Crippen molar-refractivity contribution in [3.63, 3.8) is 0 Å². The zero-order valence-electron chi connectivity index (χ0n) is 19.9. The van der Waals surface area contributed by atoms with Gasteiger partial charge < -0.3 is 4.42 Å². The summed E-state index contributed by atoms with van der Waals surface area (Å²) in [5.41, 5.74) is 6.76. The third-order valence-electron chi connectivity index (χ3n) is 7.09. The quantitative estimate of drug-likeness (QED) is 0.429. The van der Waals surface area contributed by atoms with Crippen LogP contribution in [-0.4, -0.2) is 39.2 Å². The lowest BCUT2D eigenvalue weighted by Crippen LogP contribution is -2.36. The second-order valence-electron chi connectivity index (χ2n) is 9.40. The molecule has 6 rings (SSSR count). The first-order valence-electron chi connectivity index (χ1n) is 12.0.